The number of halogens is 2. The Morgan fingerprint density at radius 3 is 2.57 bits per heavy atom. The number of carbonyl (C=O) groups excluding carboxylic acids is 2. The van der Waals surface area contributed by atoms with Crippen molar-refractivity contribution in [1.82, 2.24) is 15.4 Å². The first kappa shape index (κ1) is 31.6. The molecule has 9 heteroatoms. The number of nitrogens with zero attached hydrogens (tertiary/aromatic N) is 2. The Bertz CT molecular complexity index is 1150. The summed E-state index contributed by atoms with van der Waals surface area (Å²) in [7, 11) is 1.61. The van der Waals surface area contributed by atoms with Crippen LogP contribution in [-0.4, -0.2) is 41.8 Å². The summed E-state index contributed by atoms with van der Waals surface area (Å²) in [6.07, 6.45) is 0.501. The molecule has 2 amide bonds. The number of carbonyl (C=O) groups is 2. The van der Waals surface area contributed by atoms with Gasteiger partial charge in [-0.25, -0.2) is 9.18 Å². The number of aryl methyl sites for hydroxylation is 1. The van der Waals surface area contributed by atoms with E-state index in [0.717, 1.165) is 11.1 Å². The molecule has 1 N–H and O–H groups in total. The van der Waals surface area contributed by atoms with E-state index in [1.165, 1.54) is 17.0 Å². The fraction of sp³-hybridized carbons (Fsp3) is 0.393. The largest absolute Gasteiger partial charge is 0.463 e. The highest BCUT2D eigenvalue weighted by Gasteiger charge is 2.21. The number of rotatable bonds is 9. The summed E-state index contributed by atoms with van der Waals surface area (Å²) in [6, 6.07) is 13.2. The number of hydrogen-bond donors (Lipinski definition) is 1. The van der Waals surface area contributed by atoms with Gasteiger partial charge in [0, 0.05) is 25.2 Å². The quantitative estimate of drug-likeness (QED) is 0.305. The molecule has 0 saturated carbocycles. The molecule has 0 radical (unpaired) electrons. The summed E-state index contributed by atoms with van der Waals surface area (Å²) >= 11 is 5.93. The summed E-state index contributed by atoms with van der Waals surface area (Å²) in [5.74, 6) is -0.628. The molecule has 0 spiro atoms. The molecule has 0 bridgehead atoms. The highest BCUT2D eigenvalue weighted by atomic mass is 35.5. The Morgan fingerprint density at radius 2 is 1.89 bits per heavy atom. The van der Waals surface area contributed by atoms with Gasteiger partial charge in [0.15, 0.2) is 0 Å². The Balaban J connectivity index is 0.00000223. The Morgan fingerprint density at radius 1 is 1.19 bits per heavy atom. The Hall–Kier alpha value is -3.39. The lowest BCUT2D eigenvalue weighted by Crippen LogP contribution is -2.45. The minimum absolute atomic E-state index is 0. The molecule has 0 aliphatic carbocycles. The van der Waals surface area contributed by atoms with E-state index in [-0.39, 0.29) is 44.1 Å². The zero-order chi connectivity index (χ0) is 26.7. The molecule has 2 aromatic carbocycles. The van der Waals surface area contributed by atoms with Gasteiger partial charge in [-0.3, -0.25) is 4.79 Å². The highest BCUT2D eigenvalue weighted by molar-refractivity contribution is 6.31. The van der Waals surface area contributed by atoms with Gasteiger partial charge in [0.25, 0.3) is 0 Å². The maximum Gasteiger partial charge on any atom is 0.317 e. The molecule has 1 unspecified atom stereocenters. The number of ether oxygens (including phenoxy) is 1. The number of hydrogen-bond acceptors (Lipinski definition) is 5. The molecule has 7 nitrogen and oxygen atoms in total. The normalized spacial score (nSPS) is 10.9. The second-order valence-corrected chi connectivity index (χ2v) is 8.33. The molecule has 0 saturated heterocycles. The number of amides is 2. The van der Waals surface area contributed by atoms with Gasteiger partial charge >= 0.3 is 12.0 Å². The third kappa shape index (κ3) is 9.21. The summed E-state index contributed by atoms with van der Waals surface area (Å²) in [6.45, 7) is 7.97. The van der Waals surface area contributed by atoms with E-state index >= 15 is 0 Å². The van der Waals surface area contributed by atoms with Crippen LogP contribution in [-0.2, 0) is 22.5 Å². The van der Waals surface area contributed by atoms with Crippen molar-refractivity contribution in [3.63, 3.8) is 0 Å². The van der Waals surface area contributed by atoms with Crippen LogP contribution >= 0.6 is 11.6 Å². The van der Waals surface area contributed by atoms with Crippen LogP contribution in [0.2, 0.25) is 5.02 Å². The summed E-state index contributed by atoms with van der Waals surface area (Å²) in [5.41, 5.74) is 3.12. The van der Waals surface area contributed by atoms with E-state index < -0.39 is 11.8 Å². The van der Waals surface area contributed by atoms with Crippen LogP contribution in [0.5, 0.6) is 0 Å². The smallest absolute Gasteiger partial charge is 0.317 e. The van der Waals surface area contributed by atoms with Gasteiger partial charge in [0.1, 0.15) is 30.3 Å². The third-order valence-corrected chi connectivity index (χ3v) is 5.85. The SMILES string of the molecule is C.CC.CCC(COC(=O)Cc1cc(-c2cccc(C)c2)no1)N(C)C(=O)NCc1cccc(F)c1Cl. The van der Waals surface area contributed by atoms with Gasteiger partial charge in [-0.2, -0.15) is 0 Å². The molecule has 37 heavy (non-hydrogen) atoms. The van der Waals surface area contributed by atoms with Gasteiger partial charge in [-0.05, 0) is 31.0 Å². The average molecular weight is 534 g/mol. The lowest BCUT2D eigenvalue weighted by atomic mass is 10.1. The van der Waals surface area contributed by atoms with Crippen LogP contribution in [0.4, 0.5) is 9.18 Å². The number of likely N-dealkylation sites (N-methyl/N-ethyl adjacent to an activating group) is 1. The molecule has 0 aliphatic heterocycles. The third-order valence-electron chi connectivity index (χ3n) is 5.43. The van der Waals surface area contributed by atoms with Crippen molar-refractivity contribution in [3.05, 3.63) is 76.3 Å². The highest BCUT2D eigenvalue weighted by Crippen LogP contribution is 2.21. The number of urea groups is 1. The van der Waals surface area contributed by atoms with E-state index in [9.17, 15) is 14.0 Å². The average Bonchev–Trinajstić information content (AvgIpc) is 3.34. The first-order valence-electron chi connectivity index (χ1n) is 11.9. The predicted molar refractivity (Wildman–Crippen MR) is 145 cm³/mol. The van der Waals surface area contributed by atoms with Crippen molar-refractivity contribution in [2.75, 3.05) is 13.7 Å². The van der Waals surface area contributed by atoms with E-state index in [0.29, 0.717) is 23.4 Å². The van der Waals surface area contributed by atoms with Crippen LogP contribution in [0.3, 0.4) is 0 Å². The summed E-state index contributed by atoms with van der Waals surface area (Å²) in [4.78, 5) is 26.3. The van der Waals surface area contributed by atoms with Crippen molar-refractivity contribution >= 4 is 23.6 Å². The van der Waals surface area contributed by atoms with E-state index in [4.69, 9.17) is 20.9 Å². The number of esters is 1. The van der Waals surface area contributed by atoms with E-state index in [1.807, 2.05) is 52.0 Å². The second kappa shape index (κ2) is 15.7. The van der Waals surface area contributed by atoms with Gasteiger partial charge in [0.2, 0.25) is 0 Å². The van der Waals surface area contributed by atoms with E-state index in [2.05, 4.69) is 10.5 Å². The lowest BCUT2D eigenvalue weighted by Gasteiger charge is -2.27. The van der Waals surface area contributed by atoms with Gasteiger partial charge < -0.3 is 19.5 Å². The van der Waals surface area contributed by atoms with Gasteiger partial charge in [0.05, 0.1) is 11.1 Å². The summed E-state index contributed by atoms with van der Waals surface area (Å²) < 4.78 is 24.2. The fourth-order valence-corrected chi connectivity index (χ4v) is 3.56. The number of aromatic nitrogens is 1. The standard InChI is InChI=1S/C25H27ClFN3O4.C2H6.CH4/c1-4-19(30(3)25(32)28-14-18-9-6-10-21(27)24(18)26)15-33-23(31)13-20-12-22(29-34-20)17-8-5-7-16(2)11-17;1-2;/h5-12,19H,4,13-15H2,1-3H3,(H,28,32);1-2H3;1H4. The molecule has 3 aromatic rings. The van der Waals surface area contributed by atoms with Crippen molar-refractivity contribution < 1.29 is 23.2 Å². The molecule has 0 aliphatic rings. The minimum atomic E-state index is -0.544. The van der Waals surface area contributed by atoms with Gasteiger partial charge in [-0.15, -0.1) is 0 Å². The molecule has 1 atom stereocenters. The minimum Gasteiger partial charge on any atom is -0.463 e. The van der Waals surface area contributed by atoms with Crippen molar-refractivity contribution in [1.29, 1.82) is 0 Å². The zero-order valence-electron chi connectivity index (χ0n) is 21.3. The fourth-order valence-electron chi connectivity index (χ4n) is 3.37. The molecule has 1 aromatic heterocycles. The zero-order valence-corrected chi connectivity index (χ0v) is 22.1. The number of nitrogens with one attached hydrogen (secondary N) is 1. The summed E-state index contributed by atoms with van der Waals surface area (Å²) in [5, 5.41) is 6.70. The molecule has 0 fully saturated rings. The van der Waals surface area contributed by atoms with Crippen molar-refractivity contribution in [2.45, 2.75) is 60.5 Å². The topological polar surface area (TPSA) is 84.7 Å². The predicted octanol–water partition coefficient (Wildman–Crippen LogP) is 6.81. The maximum atomic E-state index is 13.6. The molecular formula is C28H37ClFN3O4. The van der Waals surface area contributed by atoms with Crippen LogP contribution in [0.25, 0.3) is 11.3 Å². The van der Waals surface area contributed by atoms with Crippen molar-refractivity contribution in [2.24, 2.45) is 0 Å². The second-order valence-electron chi connectivity index (χ2n) is 7.95. The van der Waals surface area contributed by atoms with Gasteiger partial charge in [-0.1, -0.05) is 80.9 Å². The van der Waals surface area contributed by atoms with Crippen LogP contribution in [0.1, 0.15) is 51.5 Å². The van der Waals surface area contributed by atoms with Crippen molar-refractivity contribution in [3.8, 4) is 11.3 Å². The van der Waals surface area contributed by atoms with Crippen LogP contribution < -0.4 is 5.32 Å². The number of benzene rings is 2. The molecule has 1 heterocycles. The molecular weight excluding hydrogens is 497 g/mol. The Kier molecular flexibility index (Phi) is 13.4. The maximum absolute atomic E-state index is 13.6. The molecule has 202 valence electrons. The lowest BCUT2D eigenvalue weighted by molar-refractivity contribution is -0.144. The Labute approximate surface area is 223 Å². The van der Waals surface area contributed by atoms with Crippen LogP contribution in [0.15, 0.2) is 53.1 Å². The van der Waals surface area contributed by atoms with Crippen LogP contribution in [0, 0.1) is 12.7 Å². The first-order valence-corrected chi connectivity index (χ1v) is 12.3. The van der Waals surface area contributed by atoms with E-state index in [1.54, 1.807) is 19.2 Å². The first-order chi connectivity index (χ1) is 17.3. The molecule has 3 rings (SSSR count). The monoisotopic (exact) mass is 533 g/mol.